The molecule has 1 aliphatic heterocycles. The second-order valence-electron chi connectivity index (χ2n) is 9.88. The number of hydrogen-bond donors (Lipinski definition) is 1. The number of nitrogens with zero attached hydrogens (tertiary/aromatic N) is 7. The van der Waals surface area contributed by atoms with Crippen molar-refractivity contribution in [3.05, 3.63) is 80.7 Å². The van der Waals surface area contributed by atoms with E-state index in [4.69, 9.17) is 23.2 Å². The third-order valence-corrected chi connectivity index (χ3v) is 7.48. The molecule has 1 amide bonds. The average Bonchev–Trinajstić information content (AvgIpc) is 3.69. The van der Waals surface area contributed by atoms with Gasteiger partial charge in [0.1, 0.15) is 18.9 Å². The Morgan fingerprint density at radius 1 is 1.05 bits per heavy atom. The summed E-state index contributed by atoms with van der Waals surface area (Å²) in [4.78, 5) is 31.3. The van der Waals surface area contributed by atoms with E-state index in [1.54, 1.807) is 0 Å². The molecule has 234 valence electrons. The number of para-hydroxylation sites is 1. The zero-order chi connectivity index (χ0) is 32.0. The van der Waals surface area contributed by atoms with E-state index in [0.29, 0.717) is 9.59 Å². The fourth-order valence-electron chi connectivity index (χ4n) is 4.83. The number of alkyl halides is 6. The van der Waals surface area contributed by atoms with E-state index < -0.39 is 49.2 Å². The van der Waals surface area contributed by atoms with Gasteiger partial charge in [0.05, 0.1) is 22.8 Å². The first-order valence-electron chi connectivity index (χ1n) is 12.9. The van der Waals surface area contributed by atoms with Crippen LogP contribution in [0.1, 0.15) is 29.0 Å². The summed E-state index contributed by atoms with van der Waals surface area (Å²) >= 11 is 12.2. The van der Waals surface area contributed by atoms with Gasteiger partial charge >= 0.3 is 18.0 Å². The fraction of sp³-hybridized carbons (Fsp3) is 0.346. The lowest BCUT2D eigenvalue weighted by Crippen LogP contribution is -2.44. The number of likely N-dealkylation sites (tertiary alicyclic amines) is 1. The van der Waals surface area contributed by atoms with Crippen LogP contribution in [-0.2, 0) is 13.1 Å². The van der Waals surface area contributed by atoms with Gasteiger partial charge in [-0.2, -0.15) is 26.3 Å². The summed E-state index contributed by atoms with van der Waals surface area (Å²) in [6, 6.07) is 7.88. The third kappa shape index (κ3) is 6.32. The molecule has 4 aromatic rings. The van der Waals surface area contributed by atoms with Crippen LogP contribution >= 0.6 is 23.2 Å². The van der Waals surface area contributed by atoms with Crippen LogP contribution in [0, 0.1) is 0 Å². The lowest BCUT2D eigenvalue weighted by atomic mass is 10.1. The Morgan fingerprint density at radius 2 is 1.75 bits per heavy atom. The highest BCUT2D eigenvalue weighted by molar-refractivity contribution is 6.33. The number of aliphatic hydroxyl groups excluding tert-OH is 1. The van der Waals surface area contributed by atoms with E-state index in [2.05, 4.69) is 15.2 Å². The van der Waals surface area contributed by atoms with Gasteiger partial charge in [0.25, 0.3) is 5.91 Å². The molecule has 2 aromatic heterocycles. The van der Waals surface area contributed by atoms with Gasteiger partial charge in [-0.1, -0.05) is 29.3 Å². The number of carbonyl (C=O) groups excluding carboxylic acids is 1. The number of halogens is 8. The maximum atomic E-state index is 13.6. The van der Waals surface area contributed by atoms with Crippen LogP contribution < -0.4 is 5.69 Å². The van der Waals surface area contributed by atoms with E-state index in [1.165, 1.54) is 42.5 Å². The van der Waals surface area contributed by atoms with Gasteiger partial charge in [-0.3, -0.25) is 9.36 Å². The molecule has 10 nitrogen and oxygen atoms in total. The molecule has 2 aromatic carbocycles. The second kappa shape index (κ2) is 11.9. The smallest absolute Gasteiger partial charge is 0.382 e. The molecule has 1 fully saturated rings. The van der Waals surface area contributed by atoms with Crippen LogP contribution in [0.15, 0.2) is 53.6 Å². The summed E-state index contributed by atoms with van der Waals surface area (Å²) in [7, 11) is 0. The predicted molar refractivity (Wildman–Crippen MR) is 145 cm³/mol. The Balaban J connectivity index is 1.48. The summed E-state index contributed by atoms with van der Waals surface area (Å²) < 4.78 is 82.6. The van der Waals surface area contributed by atoms with Crippen molar-refractivity contribution in [2.24, 2.45) is 0 Å². The van der Waals surface area contributed by atoms with Gasteiger partial charge in [0, 0.05) is 17.1 Å². The number of amides is 1. The molecule has 0 bridgehead atoms. The Morgan fingerprint density at radius 3 is 2.41 bits per heavy atom. The summed E-state index contributed by atoms with van der Waals surface area (Å²) in [6.45, 7) is -1.72. The van der Waals surface area contributed by atoms with Crippen LogP contribution in [-0.4, -0.2) is 76.1 Å². The fourth-order valence-corrected chi connectivity index (χ4v) is 5.22. The first-order valence-corrected chi connectivity index (χ1v) is 13.7. The minimum atomic E-state index is -5.02. The normalized spacial score (nSPS) is 16.5. The first-order chi connectivity index (χ1) is 20.6. The number of carbonyl (C=O) groups is 1. The molecule has 1 saturated heterocycles. The molecule has 2 atom stereocenters. The van der Waals surface area contributed by atoms with Crippen LogP contribution in [0.4, 0.5) is 26.3 Å². The molecule has 0 radical (unpaired) electrons. The maximum absolute atomic E-state index is 13.6. The molecular weight excluding hydrogens is 643 g/mol. The van der Waals surface area contributed by atoms with E-state index in [9.17, 15) is 41.0 Å². The van der Waals surface area contributed by atoms with Crippen molar-refractivity contribution in [3.63, 3.8) is 0 Å². The van der Waals surface area contributed by atoms with Crippen LogP contribution in [0.3, 0.4) is 0 Å². The molecule has 0 spiro atoms. The third-order valence-electron chi connectivity index (χ3n) is 6.93. The number of benzene rings is 2. The molecular formula is C26H21Cl2F6N7O3. The van der Waals surface area contributed by atoms with Gasteiger partial charge in [-0.25, -0.2) is 19.1 Å². The predicted octanol–water partition coefficient (Wildman–Crippen LogP) is 4.74. The summed E-state index contributed by atoms with van der Waals surface area (Å²) in [5.41, 5.74) is -1.01. The molecule has 1 N–H and O–H groups in total. The lowest BCUT2D eigenvalue weighted by Gasteiger charge is -2.27. The Bertz CT molecular complexity index is 1730. The van der Waals surface area contributed by atoms with Crippen LogP contribution in [0.5, 0.6) is 0 Å². The van der Waals surface area contributed by atoms with Crippen molar-refractivity contribution in [1.29, 1.82) is 0 Å². The molecule has 3 heterocycles. The number of aromatic nitrogens is 6. The highest BCUT2D eigenvalue weighted by Crippen LogP contribution is 2.35. The summed E-state index contributed by atoms with van der Waals surface area (Å²) in [5.74, 6) is -1.20. The minimum absolute atomic E-state index is 0.0253. The van der Waals surface area contributed by atoms with Crippen molar-refractivity contribution in [1.82, 2.24) is 34.0 Å². The number of aliphatic hydroxyl groups is 1. The largest absolute Gasteiger partial charge is 0.416 e. The van der Waals surface area contributed by atoms with Crippen LogP contribution in [0.25, 0.3) is 17.1 Å². The maximum Gasteiger partial charge on any atom is 0.416 e. The number of hydrogen-bond acceptors (Lipinski definition) is 6. The van der Waals surface area contributed by atoms with Gasteiger partial charge < -0.3 is 10.0 Å². The Labute approximate surface area is 254 Å². The highest BCUT2D eigenvalue weighted by Gasteiger charge is 2.48. The van der Waals surface area contributed by atoms with Crippen molar-refractivity contribution >= 4 is 29.1 Å². The zero-order valence-electron chi connectivity index (χ0n) is 22.2. The Kier molecular flexibility index (Phi) is 8.52. The zero-order valence-corrected chi connectivity index (χ0v) is 23.7. The molecule has 0 unspecified atom stereocenters. The van der Waals surface area contributed by atoms with Gasteiger partial charge in [-0.15, -0.1) is 10.2 Å². The monoisotopic (exact) mass is 663 g/mol. The van der Waals surface area contributed by atoms with Gasteiger partial charge in [0.15, 0.2) is 17.8 Å². The minimum Gasteiger partial charge on any atom is -0.382 e. The second-order valence-corrected chi connectivity index (χ2v) is 10.7. The van der Waals surface area contributed by atoms with Crippen molar-refractivity contribution in [2.75, 3.05) is 6.54 Å². The van der Waals surface area contributed by atoms with Crippen molar-refractivity contribution in [2.45, 2.75) is 50.4 Å². The number of rotatable bonds is 7. The van der Waals surface area contributed by atoms with E-state index in [-0.39, 0.29) is 52.9 Å². The van der Waals surface area contributed by atoms with E-state index in [0.717, 1.165) is 20.6 Å². The average molecular weight is 664 g/mol. The molecule has 1 aliphatic rings. The Hall–Kier alpha value is -3.89. The lowest BCUT2D eigenvalue weighted by molar-refractivity contribution is -0.207. The first kappa shape index (κ1) is 31.5. The van der Waals surface area contributed by atoms with Gasteiger partial charge in [0.2, 0.25) is 0 Å². The summed E-state index contributed by atoms with van der Waals surface area (Å²) in [5, 5.41) is 18.3. The van der Waals surface area contributed by atoms with Crippen LogP contribution in [0.2, 0.25) is 10.0 Å². The van der Waals surface area contributed by atoms with Gasteiger partial charge in [-0.05, 0) is 49.2 Å². The molecule has 44 heavy (non-hydrogen) atoms. The topological polar surface area (TPSA) is 111 Å². The molecule has 0 saturated carbocycles. The SMILES string of the molecule is O=C(c1cccc(Cl)c1-n1cnc(Cn2nc(-c3ccc(Cl)cc3)n(C[C@H](O)C(F)(F)F)c2=O)n1)N1CCC[C@H]1C(F)(F)F. The summed E-state index contributed by atoms with van der Waals surface area (Å²) in [6.07, 6.45) is -11.5. The molecule has 5 rings (SSSR count). The molecule has 18 heteroatoms. The standard InChI is InChI=1S/C26H21Cl2F6N7O3/c27-15-8-6-14(7-9-15)22-37-40(24(44)39(22)11-19(42)26(32,33)34)12-20-35-13-41(36-20)21-16(3-1-4-17(21)28)23(43)38-10-2-5-18(38)25(29,30)31/h1,3-4,6-9,13,18-19,42H,2,5,10-12H2/t18-,19-/m0/s1. The van der Waals surface area contributed by atoms with E-state index in [1.807, 2.05) is 0 Å². The van der Waals surface area contributed by atoms with Crippen molar-refractivity contribution in [3.8, 4) is 17.1 Å². The van der Waals surface area contributed by atoms with E-state index >= 15 is 0 Å². The van der Waals surface area contributed by atoms with Crippen molar-refractivity contribution < 1.29 is 36.2 Å². The molecule has 0 aliphatic carbocycles. The quantitative estimate of drug-likeness (QED) is 0.286. The highest BCUT2D eigenvalue weighted by atomic mass is 35.5.